The van der Waals surface area contributed by atoms with Gasteiger partial charge in [0.2, 0.25) is 0 Å². The molecule has 2 heterocycles. The van der Waals surface area contributed by atoms with Gasteiger partial charge >= 0.3 is 5.97 Å². The zero-order valence-electron chi connectivity index (χ0n) is 11.1. The second-order valence-corrected chi connectivity index (χ2v) is 4.58. The third-order valence-corrected chi connectivity index (χ3v) is 3.09. The molecule has 0 saturated heterocycles. The van der Waals surface area contributed by atoms with Gasteiger partial charge in [-0.05, 0) is 25.8 Å². The molecule has 0 unspecified atom stereocenters. The van der Waals surface area contributed by atoms with Crippen molar-refractivity contribution >= 4 is 5.97 Å². The Labute approximate surface area is 116 Å². The van der Waals surface area contributed by atoms with Gasteiger partial charge in [0.25, 0.3) is 0 Å². The first-order valence-corrected chi connectivity index (χ1v) is 6.60. The maximum atomic E-state index is 11.9. The Hall–Kier alpha value is -2.37. The van der Waals surface area contributed by atoms with Crippen LogP contribution in [0.4, 0.5) is 0 Å². The molecule has 3 rings (SSSR count). The summed E-state index contributed by atoms with van der Waals surface area (Å²) in [6, 6.07) is 1.75. The van der Waals surface area contributed by atoms with E-state index in [-0.39, 0.29) is 5.97 Å². The Bertz CT molecular complexity index is 626. The highest BCUT2D eigenvalue weighted by atomic mass is 16.5. The quantitative estimate of drug-likeness (QED) is 0.790. The Kier molecular flexibility index (Phi) is 3.37. The van der Waals surface area contributed by atoms with Crippen molar-refractivity contribution in [2.75, 3.05) is 6.61 Å². The molecule has 1 aliphatic rings. The number of ether oxygens (including phenoxy) is 1. The summed E-state index contributed by atoms with van der Waals surface area (Å²) in [7, 11) is 0. The Morgan fingerprint density at radius 3 is 2.90 bits per heavy atom. The van der Waals surface area contributed by atoms with Crippen LogP contribution >= 0.6 is 0 Å². The van der Waals surface area contributed by atoms with Crippen molar-refractivity contribution in [2.24, 2.45) is 0 Å². The van der Waals surface area contributed by atoms with Gasteiger partial charge in [-0.3, -0.25) is 0 Å². The second kappa shape index (κ2) is 5.32. The highest BCUT2D eigenvalue weighted by Gasteiger charge is 2.31. The summed E-state index contributed by atoms with van der Waals surface area (Å²) in [5, 5.41) is 0. The summed E-state index contributed by atoms with van der Waals surface area (Å²) in [5.74, 6) is 0.490. The second-order valence-electron chi connectivity index (χ2n) is 4.58. The van der Waals surface area contributed by atoms with E-state index in [1.165, 1.54) is 12.5 Å². The predicted molar refractivity (Wildman–Crippen MR) is 71.0 cm³/mol. The average Bonchev–Trinajstić information content (AvgIpc) is 3.32. The first kappa shape index (κ1) is 12.7. The van der Waals surface area contributed by atoms with Crippen molar-refractivity contribution in [3.05, 3.63) is 36.0 Å². The maximum Gasteiger partial charge on any atom is 0.341 e. The summed E-state index contributed by atoms with van der Waals surface area (Å²) in [6.07, 6.45) is 6.73. The average molecular weight is 270 g/mol. The number of rotatable bonds is 4. The molecule has 0 atom stereocenters. The van der Waals surface area contributed by atoms with E-state index in [0.29, 0.717) is 29.6 Å². The molecule has 20 heavy (non-hydrogen) atoms. The highest BCUT2D eigenvalue weighted by Crippen LogP contribution is 2.41. The van der Waals surface area contributed by atoms with Crippen LogP contribution in [0.25, 0.3) is 11.5 Å². The molecular weight excluding hydrogens is 256 g/mol. The fourth-order valence-electron chi connectivity index (χ4n) is 1.98. The first-order chi connectivity index (χ1) is 9.79. The minimum absolute atomic E-state index is 0.331. The fourth-order valence-corrected chi connectivity index (χ4v) is 1.98. The van der Waals surface area contributed by atoms with Gasteiger partial charge in [0, 0.05) is 18.3 Å². The zero-order chi connectivity index (χ0) is 13.9. The molecule has 2 aromatic heterocycles. The molecule has 1 aliphatic carbocycles. The van der Waals surface area contributed by atoms with Crippen LogP contribution in [-0.4, -0.2) is 32.5 Å². The molecule has 0 radical (unpaired) electrons. The van der Waals surface area contributed by atoms with Crippen molar-refractivity contribution in [3.63, 3.8) is 0 Å². The van der Waals surface area contributed by atoms with Crippen molar-refractivity contribution < 1.29 is 9.53 Å². The normalized spacial score (nSPS) is 14.1. The molecule has 0 N–H and O–H groups in total. The van der Waals surface area contributed by atoms with E-state index in [2.05, 4.69) is 19.9 Å². The number of hydrogen-bond acceptors (Lipinski definition) is 6. The molecule has 0 aliphatic heterocycles. The predicted octanol–water partition coefficient (Wildman–Crippen LogP) is 1.99. The molecule has 0 amide bonds. The molecule has 1 fully saturated rings. The van der Waals surface area contributed by atoms with Crippen LogP contribution in [0.2, 0.25) is 0 Å². The van der Waals surface area contributed by atoms with Crippen molar-refractivity contribution in [1.82, 2.24) is 19.9 Å². The lowest BCUT2D eigenvalue weighted by atomic mass is 10.1. The van der Waals surface area contributed by atoms with Gasteiger partial charge in [0.1, 0.15) is 12.0 Å². The SMILES string of the molecule is CCOC(=O)c1cnc(-c2ccncn2)nc1C1CC1. The van der Waals surface area contributed by atoms with Crippen LogP contribution in [0, 0.1) is 0 Å². The molecule has 6 nitrogen and oxygen atoms in total. The topological polar surface area (TPSA) is 77.9 Å². The highest BCUT2D eigenvalue weighted by molar-refractivity contribution is 5.90. The molecule has 0 spiro atoms. The van der Waals surface area contributed by atoms with Crippen LogP contribution in [0.3, 0.4) is 0 Å². The van der Waals surface area contributed by atoms with Gasteiger partial charge in [0.15, 0.2) is 5.82 Å². The van der Waals surface area contributed by atoms with Crippen LogP contribution in [0.5, 0.6) is 0 Å². The van der Waals surface area contributed by atoms with Gasteiger partial charge in [0.05, 0.1) is 17.9 Å². The van der Waals surface area contributed by atoms with Gasteiger partial charge in [-0.25, -0.2) is 24.7 Å². The van der Waals surface area contributed by atoms with Crippen LogP contribution < -0.4 is 0 Å². The zero-order valence-corrected chi connectivity index (χ0v) is 11.1. The van der Waals surface area contributed by atoms with Crippen molar-refractivity contribution in [3.8, 4) is 11.5 Å². The van der Waals surface area contributed by atoms with Gasteiger partial charge < -0.3 is 4.74 Å². The molecule has 6 heteroatoms. The fraction of sp³-hybridized carbons (Fsp3) is 0.357. The van der Waals surface area contributed by atoms with Gasteiger partial charge in [-0.15, -0.1) is 0 Å². The van der Waals surface area contributed by atoms with E-state index in [9.17, 15) is 4.79 Å². The third-order valence-electron chi connectivity index (χ3n) is 3.09. The van der Waals surface area contributed by atoms with E-state index in [1.807, 2.05) is 0 Å². The number of esters is 1. The van der Waals surface area contributed by atoms with Crippen LogP contribution in [0.15, 0.2) is 24.8 Å². The summed E-state index contributed by atoms with van der Waals surface area (Å²) >= 11 is 0. The molecule has 0 bridgehead atoms. The lowest BCUT2D eigenvalue weighted by molar-refractivity contribution is 0.0524. The standard InChI is InChI=1S/C14H14N4O2/c1-2-20-14(19)10-7-16-13(11-5-6-15-8-17-11)18-12(10)9-3-4-9/h5-9H,2-4H2,1H3. The minimum atomic E-state index is -0.358. The molecule has 1 saturated carbocycles. The lowest BCUT2D eigenvalue weighted by Crippen LogP contribution is -2.11. The summed E-state index contributed by atoms with van der Waals surface area (Å²) in [5.41, 5.74) is 1.89. The van der Waals surface area contributed by atoms with E-state index >= 15 is 0 Å². The Morgan fingerprint density at radius 1 is 1.40 bits per heavy atom. The summed E-state index contributed by atoms with van der Waals surface area (Å²) < 4.78 is 5.05. The summed E-state index contributed by atoms with van der Waals surface area (Å²) in [6.45, 7) is 2.13. The molecule has 102 valence electrons. The van der Waals surface area contributed by atoms with E-state index in [4.69, 9.17) is 4.74 Å². The molecule has 2 aromatic rings. The van der Waals surface area contributed by atoms with Crippen LogP contribution in [0.1, 0.15) is 41.7 Å². The van der Waals surface area contributed by atoms with Crippen LogP contribution in [-0.2, 0) is 4.74 Å². The first-order valence-electron chi connectivity index (χ1n) is 6.60. The van der Waals surface area contributed by atoms with E-state index in [0.717, 1.165) is 18.5 Å². The number of nitrogens with zero attached hydrogens (tertiary/aromatic N) is 4. The smallest absolute Gasteiger partial charge is 0.341 e. The van der Waals surface area contributed by atoms with E-state index in [1.54, 1.807) is 19.2 Å². The minimum Gasteiger partial charge on any atom is -0.462 e. The molecular formula is C14H14N4O2. The monoisotopic (exact) mass is 270 g/mol. The summed E-state index contributed by atoms with van der Waals surface area (Å²) in [4.78, 5) is 28.6. The number of carbonyl (C=O) groups excluding carboxylic acids is 1. The van der Waals surface area contributed by atoms with Crippen molar-refractivity contribution in [1.29, 1.82) is 0 Å². The number of carbonyl (C=O) groups is 1. The van der Waals surface area contributed by atoms with E-state index < -0.39 is 0 Å². The maximum absolute atomic E-state index is 11.9. The Balaban J connectivity index is 2.00. The number of aromatic nitrogens is 4. The Morgan fingerprint density at radius 2 is 2.25 bits per heavy atom. The van der Waals surface area contributed by atoms with Crippen molar-refractivity contribution in [2.45, 2.75) is 25.7 Å². The number of hydrogen-bond donors (Lipinski definition) is 0. The largest absolute Gasteiger partial charge is 0.462 e. The molecule has 0 aromatic carbocycles. The lowest BCUT2D eigenvalue weighted by Gasteiger charge is -2.08. The van der Waals surface area contributed by atoms with Gasteiger partial charge in [-0.2, -0.15) is 0 Å². The van der Waals surface area contributed by atoms with Gasteiger partial charge in [-0.1, -0.05) is 0 Å². The third kappa shape index (κ3) is 2.49.